The van der Waals surface area contributed by atoms with E-state index in [1.54, 1.807) is 11.8 Å². The van der Waals surface area contributed by atoms with E-state index in [1.807, 2.05) is 6.92 Å². The highest BCUT2D eigenvalue weighted by Gasteiger charge is 2.42. The third-order valence-electron chi connectivity index (χ3n) is 4.60. The van der Waals surface area contributed by atoms with E-state index in [0.717, 1.165) is 0 Å². The fourth-order valence-electron chi connectivity index (χ4n) is 2.89. The second-order valence-corrected chi connectivity index (χ2v) is 6.39. The molecular formula is C15H25N3O5. The minimum absolute atomic E-state index is 0.107. The Morgan fingerprint density at radius 2 is 1.87 bits per heavy atom. The van der Waals surface area contributed by atoms with Crippen molar-refractivity contribution < 1.29 is 24.2 Å². The van der Waals surface area contributed by atoms with Gasteiger partial charge in [-0.2, -0.15) is 0 Å². The van der Waals surface area contributed by atoms with Crippen molar-refractivity contribution >= 4 is 17.9 Å². The SMILES string of the molecule is CCC(NC(=O)N1CCC(C)(C(=O)O)C1)C(=O)N1CCOCC1. The van der Waals surface area contributed by atoms with Crippen molar-refractivity contribution in [2.24, 2.45) is 5.41 Å². The molecule has 130 valence electrons. The molecule has 2 aliphatic heterocycles. The van der Waals surface area contributed by atoms with E-state index in [0.29, 0.717) is 45.7 Å². The Labute approximate surface area is 135 Å². The number of nitrogens with zero attached hydrogens (tertiary/aromatic N) is 2. The summed E-state index contributed by atoms with van der Waals surface area (Å²) in [5.41, 5.74) is -0.909. The number of rotatable bonds is 4. The van der Waals surface area contributed by atoms with Gasteiger partial charge in [-0.1, -0.05) is 6.92 Å². The number of carboxylic acid groups (broad SMARTS) is 1. The molecule has 0 aliphatic carbocycles. The van der Waals surface area contributed by atoms with Gasteiger partial charge in [0, 0.05) is 26.2 Å². The van der Waals surface area contributed by atoms with Gasteiger partial charge >= 0.3 is 12.0 Å². The predicted molar refractivity (Wildman–Crippen MR) is 81.9 cm³/mol. The van der Waals surface area contributed by atoms with Crippen LogP contribution in [0, 0.1) is 5.41 Å². The molecule has 0 saturated carbocycles. The number of morpholine rings is 1. The van der Waals surface area contributed by atoms with Gasteiger partial charge < -0.3 is 25.0 Å². The van der Waals surface area contributed by atoms with Crippen LogP contribution in [-0.2, 0) is 14.3 Å². The lowest BCUT2D eigenvalue weighted by atomic mass is 9.90. The third kappa shape index (κ3) is 3.93. The molecule has 3 amide bonds. The van der Waals surface area contributed by atoms with Crippen molar-refractivity contribution in [3.63, 3.8) is 0 Å². The van der Waals surface area contributed by atoms with Crippen molar-refractivity contribution in [2.45, 2.75) is 32.7 Å². The van der Waals surface area contributed by atoms with Crippen LogP contribution >= 0.6 is 0 Å². The molecule has 8 nitrogen and oxygen atoms in total. The number of hydrogen-bond acceptors (Lipinski definition) is 4. The Balaban J connectivity index is 1.92. The summed E-state index contributed by atoms with van der Waals surface area (Å²) in [6, 6.07) is -0.958. The Hall–Kier alpha value is -1.83. The van der Waals surface area contributed by atoms with Gasteiger partial charge in [-0.15, -0.1) is 0 Å². The predicted octanol–water partition coefficient (Wildman–Crippen LogP) is 0.130. The highest BCUT2D eigenvalue weighted by atomic mass is 16.5. The Morgan fingerprint density at radius 3 is 2.39 bits per heavy atom. The number of amides is 3. The van der Waals surface area contributed by atoms with E-state index in [4.69, 9.17) is 4.74 Å². The zero-order valence-electron chi connectivity index (χ0n) is 13.7. The molecule has 2 rings (SSSR count). The van der Waals surface area contributed by atoms with Crippen LogP contribution in [-0.4, -0.2) is 78.2 Å². The Kier molecular flexibility index (Phi) is 5.46. The summed E-state index contributed by atoms with van der Waals surface area (Å²) in [6.45, 7) is 6.12. The van der Waals surface area contributed by atoms with Crippen LogP contribution in [0.5, 0.6) is 0 Å². The van der Waals surface area contributed by atoms with Crippen LogP contribution in [0.4, 0.5) is 4.79 Å². The molecule has 23 heavy (non-hydrogen) atoms. The van der Waals surface area contributed by atoms with Crippen LogP contribution in [0.15, 0.2) is 0 Å². The number of aliphatic carboxylic acids is 1. The first-order valence-electron chi connectivity index (χ1n) is 8.03. The van der Waals surface area contributed by atoms with Gasteiger partial charge in [0.15, 0.2) is 0 Å². The summed E-state index contributed by atoms with van der Waals surface area (Å²) in [6.07, 6.45) is 0.913. The minimum Gasteiger partial charge on any atom is -0.481 e. The number of carbonyl (C=O) groups excluding carboxylic acids is 2. The Bertz CT molecular complexity index is 478. The smallest absolute Gasteiger partial charge is 0.318 e. The quantitative estimate of drug-likeness (QED) is 0.765. The average Bonchev–Trinajstić information content (AvgIpc) is 2.96. The zero-order valence-corrected chi connectivity index (χ0v) is 13.7. The molecule has 2 aliphatic rings. The zero-order chi connectivity index (χ0) is 17.0. The number of hydrogen-bond donors (Lipinski definition) is 2. The summed E-state index contributed by atoms with van der Waals surface area (Å²) in [5.74, 6) is -1.01. The lowest BCUT2D eigenvalue weighted by Gasteiger charge is -2.31. The molecule has 0 radical (unpaired) electrons. The molecular weight excluding hydrogens is 302 g/mol. The summed E-state index contributed by atoms with van der Waals surface area (Å²) in [4.78, 5) is 39.2. The summed E-state index contributed by atoms with van der Waals surface area (Å²) in [7, 11) is 0. The van der Waals surface area contributed by atoms with Crippen molar-refractivity contribution in [2.75, 3.05) is 39.4 Å². The van der Waals surface area contributed by atoms with Gasteiger partial charge in [-0.05, 0) is 19.8 Å². The minimum atomic E-state index is -0.909. The van der Waals surface area contributed by atoms with E-state index in [9.17, 15) is 19.5 Å². The number of likely N-dealkylation sites (tertiary alicyclic amines) is 1. The molecule has 8 heteroatoms. The van der Waals surface area contributed by atoms with Gasteiger partial charge in [0.1, 0.15) is 6.04 Å². The molecule has 0 aromatic heterocycles. The van der Waals surface area contributed by atoms with Gasteiger partial charge in [-0.3, -0.25) is 9.59 Å². The van der Waals surface area contributed by atoms with Crippen LogP contribution in [0.25, 0.3) is 0 Å². The first kappa shape index (κ1) is 17.5. The normalized spacial score (nSPS) is 26.0. The topological polar surface area (TPSA) is 99.2 Å². The van der Waals surface area contributed by atoms with Crippen molar-refractivity contribution in [3.05, 3.63) is 0 Å². The molecule has 0 bridgehead atoms. The fourth-order valence-corrected chi connectivity index (χ4v) is 2.89. The number of nitrogens with one attached hydrogen (secondary N) is 1. The number of ether oxygens (including phenoxy) is 1. The molecule has 0 aromatic rings. The van der Waals surface area contributed by atoms with Crippen LogP contribution in [0.2, 0.25) is 0 Å². The highest BCUT2D eigenvalue weighted by molar-refractivity contribution is 5.87. The summed E-state index contributed by atoms with van der Waals surface area (Å²) >= 11 is 0. The second kappa shape index (κ2) is 7.16. The van der Waals surface area contributed by atoms with E-state index in [2.05, 4.69) is 5.32 Å². The maximum atomic E-state index is 12.5. The standard InChI is InChI=1S/C15H25N3O5/c1-3-11(12(19)17-6-8-23-9-7-17)16-14(22)18-5-4-15(2,10-18)13(20)21/h11H,3-10H2,1-2H3,(H,16,22)(H,20,21). The number of carboxylic acids is 1. The van der Waals surface area contributed by atoms with E-state index in [1.165, 1.54) is 4.90 Å². The maximum Gasteiger partial charge on any atom is 0.318 e. The van der Waals surface area contributed by atoms with Crippen molar-refractivity contribution in [3.8, 4) is 0 Å². The second-order valence-electron chi connectivity index (χ2n) is 6.39. The lowest BCUT2D eigenvalue weighted by molar-refractivity contribution is -0.147. The molecule has 2 atom stereocenters. The molecule has 0 spiro atoms. The molecule has 2 N–H and O–H groups in total. The Morgan fingerprint density at radius 1 is 1.22 bits per heavy atom. The first-order valence-corrected chi connectivity index (χ1v) is 8.03. The third-order valence-corrected chi connectivity index (χ3v) is 4.60. The van der Waals surface area contributed by atoms with E-state index < -0.39 is 17.4 Å². The highest BCUT2D eigenvalue weighted by Crippen LogP contribution is 2.30. The van der Waals surface area contributed by atoms with Gasteiger partial charge in [0.2, 0.25) is 5.91 Å². The molecule has 2 heterocycles. The van der Waals surface area contributed by atoms with E-state index in [-0.39, 0.29) is 18.5 Å². The number of urea groups is 1. The van der Waals surface area contributed by atoms with Gasteiger partial charge in [0.25, 0.3) is 0 Å². The fraction of sp³-hybridized carbons (Fsp3) is 0.800. The van der Waals surface area contributed by atoms with Crippen LogP contribution in [0.1, 0.15) is 26.7 Å². The van der Waals surface area contributed by atoms with Crippen molar-refractivity contribution in [1.82, 2.24) is 15.1 Å². The van der Waals surface area contributed by atoms with Gasteiger partial charge in [-0.25, -0.2) is 4.79 Å². The summed E-state index contributed by atoms with van der Waals surface area (Å²) in [5, 5.41) is 12.0. The molecule has 2 fully saturated rings. The van der Waals surface area contributed by atoms with Crippen LogP contribution in [0.3, 0.4) is 0 Å². The monoisotopic (exact) mass is 327 g/mol. The van der Waals surface area contributed by atoms with E-state index >= 15 is 0 Å². The maximum absolute atomic E-state index is 12.5. The van der Waals surface area contributed by atoms with Crippen molar-refractivity contribution in [1.29, 1.82) is 0 Å². The molecule has 0 aromatic carbocycles. The molecule has 2 unspecified atom stereocenters. The largest absolute Gasteiger partial charge is 0.481 e. The average molecular weight is 327 g/mol. The number of carbonyl (C=O) groups is 3. The summed E-state index contributed by atoms with van der Waals surface area (Å²) < 4.78 is 5.23. The molecule has 2 saturated heterocycles. The van der Waals surface area contributed by atoms with Gasteiger partial charge in [0.05, 0.1) is 18.6 Å². The van der Waals surface area contributed by atoms with Crippen LogP contribution < -0.4 is 5.32 Å². The first-order chi connectivity index (χ1) is 10.9. The lowest BCUT2D eigenvalue weighted by Crippen LogP contribution is -2.54.